The van der Waals surface area contributed by atoms with Crippen molar-refractivity contribution in [2.24, 2.45) is 5.92 Å². The molecule has 57 heavy (non-hydrogen) atoms. The molecule has 7 nitrogen and oxygen atoms in total. The normalized spacial score (nSPS) is 23.9. The second kappa shape index (κ2) is 14.1. The van der Waals surface area contributed by atoms with E-state index in [4.69, 9.17) is 23.7 Å². The van der Waals surface area contributed by atoms with Gasteiger partial charge < -0.3 is 33.5 Å². The van der Waals surface area contributed by atoms with Crippen LogP contribution >= 0.6 is 0 Å². The van der Waals surface area contributed by atoms with E-state index in [0.717, 1.165) is 101 Å². The van der Waals surface area contributed by atoms with E-state index < -0.39 is 22.7 Å². The summed E-state index contributed by atoms with van der Waals surface area (Å²) in [5, 5.41) is 1.73. The maximum atomic E-state index is 16.6. The molecule has 2 aliphatic carbocycles. The number of hydrogen-bond acceptors (Lipinski definition) is 7. The number of ether oxygens (including phenoxy) is 5. The van der Waals surface area contributed by atoms with Gasteiger partial charge in [0.15, 0.2) is 5.60 Å². The largest absolute Gasteiger partial charge is 0.497 e. The molecule has 0 N–H and O–H groups in total. The summed E-state index contributed by atoms with van der Waals surface area (Å²) < 4.78 is 63.0. The lowest BCUT2D eigenvalue weighted by Crippen LogP contribution is -2.37. The van der Waals surface area contributed by atoms with Crippen molar-refractivity contribution in [1.29, 1.82) is 0 Å². The second-order valence-corrected chi connectivity index (χ2v) is 16.3. The van der Waals surface area contributed by atoms with Gasteiger partial charge in [-0.15, -0.1) is 0 Å². The van der Waals surface area contributed by atoms with E-state index in [-0.39, 0.29) is 0 Å². The predicted octanol–water partition coefficient (Wildman–Crippen LogP) is 9.63. The van der Waals surface area contributed by atoms with E-state index in [9.17, 15) is 0 Å². The zero-order valence-corrected chi connectivity index (χ0v) is 32.8. The molecule has 294 valence electrons. The highest BCUT2D eigenvalue weighted by atomic mass is 19.1. The SMILES string of the molecule is COc1ccc(C2(c3ccc(N4CCOCC4)cc3)C=Cc3c4c(c5cc(N6CCOCC6)c(OC)cc5c3O2)-c2cc(F)cc(F)c2C42CCCC(C)C2)cc1. The van der Waals surface area contributed by atoms with Crippen LogP contribution in [0.1, 0.15) is 60.4 Å². The smallest absolute Gasteiger partial charge is 0.178 e. The molecule has 5 aromatic rings. The van der Waals surface area contributed by atoms with Crippen LogP contribution in [0.25, 0.3) is 28.0 Å². The summed E-state index contributed by atoms with van der Waals surface area (Å²) in [6, 6.07) is 23.6. The van der Waals surface area contributed by atoms with Crippen molar-refractivity contribution < 1.29 is 32.5 Å². The first-order valence-electron chi connectivity index (χ1n) is 20.3. The van der Waals surface area contributed by atoms with Gasteiger partial charge in [0.05, 0.1) is 46.3 Å². The van der Waals surface area contributed by atoms with Crippen LogP contribution in [-0.4, -0.2) is 66.8 Å². The Bertz CT molecular complexity index is 2390. The van der Waals surface area contributed by atoms with E-state index in [1.807, 2.05) is 12.1 Å². The molecular formula is C48H48F2N2O5. The molecule has 3 heterocycles. The van der Waals surface area contributed by atoms with Gasteiger partial charge in [-0.3, -0.25) is 0 Å². The molecule has 3 fully saturated rings. The van der Waals surface area contributed by atoms with E-state index in [2.05, 4.69) is 77.4 Å². The molecule has 1 saturated carbocycles. The van der Waals surface area contributed by atoms with Crippen LogP contribution in [-0.2, 0) is 20.5 Å². The summed E-state index contributed by atoms with van der Waals surface area (Å²) in [7, 11) is 3.37. The Morgan fingerprint density at radius 1 is 0.754 bits per heavy atom. The number of anilines is 2. The summed E-state index contributed by atoms with van der Waals surface area (Å²) in [6.07, 6.45) is 7.90. The molecule has 3 aliphatic heterocycles. The fraction of sp³-hybridized carbons (Fsp3) is 0.375. The van der Waals surface area contributed by atoms with Gasteiger partial charge in [-0.05, 0) is 89.4 Å². The number of methoxy groups -OCH3 is 2. The van der Waals surface area contributed by atoms with Crippen LogP contribution in [0.2, 0.25) is 0 Å². The molecule has 1 spiro atoms. The molecule has 5 aliphatic rings. The molecule has 3 atom stereocenters. The van der Waals surface area contributed by atoms with Crippen LogP contribution in [0.15, 0.2) is 78.9 Å². The number of morpholine rings is 2. The van der Waals surface area contributed by atoms with Gasteiger partial charge in [0, 0.05) is 71.0 Å². The zero-order valence-electron chi connectivity index (χ0n) is 32.8. The van der Waals surface area contributed by atoms with Gasteiger partial charge in [0.2, 0.25) is 0 Å². The van der Waals surface area contributed by atoms with Gasteiger partial charge >= 0.3 is 0 Å². The van der Waals surface area contributed by atoms with E-state index in [1.165, 1.54) is 0 Å². The molecule has 0 bridgehead atoms. The lowest BCUT2D eigenvalue weighted by Gasteiger charge is -2.42. The summed E-state index contributed by atoms with van der Waals surface area (Å²) in [5.74, 6) is 1.46. The number of benzene rings is 5. The van der Waals surface area contributed by atoms with Crippen molar-refractivity contribution in [1.82, 2.24) is 0 Å². The summed E-state index contributed by atoms with van der Waals surface area (Å²) in [5.41, 5.74) is 6.39. The average molecular weight is 771 g/mol. The minimum Gasteiger partial charge on any atom is -0.497 e. The number of hydrogen-bond donors (Lipinski definition) is 0. The Hall–Kier alpha value is -5.12. The fourth-order valence-corrected chi connectivity index (χ4v) is 10.6. The van der Waals surface area contributed by atoms with Crippen LogP contribution in [0.3, 0.4) is 0 Å². The molecular weight excluding hydrogens is 723 g/mol. The fourth-order valence-electron chi connectivity index (χ4n) is 10.6. The molecule has 3 unspecified atom stereocenters. The van der Waals surface area contributed by atoms with E-state index in [0.29, 0.717) is 68.1 Å². The van der Waals surface area contributed by atoms with Crippen molar-refractivity contribution in [2.75, 3.05) is 76.6 Å². The molecule has 0 amide bonds. The first-order valence-corrected chi connectivity index (χ1v) is 20.3. The monoisotopic (exact) mass is 770 g/mol. The quantitative estimate of drug-likeness (QED) is 0.171. The minimum atomic E-state index is -1.03. The summed E-state index contributed by atoms with van der Waals surface area (Å²) in [4.78, 5) is 4.63. The van der Waals surface area contributed by atoms with Crippen molar-refractivity contribution in [3.63, 3.8) is 0 Å². The average Bonchev–Trinajstić information content (AvgIpc) is 3.52. The predicted molar refractivity (Wildman–Crippen MR) is 220 cm³/mol. The first-order chi connectivity index (χ1) is 27.8. The van der Waals surface area contributed by atoms with Crippen molar-refractivity contribution in [3.05, 3.63) is 118 Å². The summed E-state index contributed by atoms with van der Waals surface area (Å²) in [6.45, 7) is 7.96. The lowest BCUT2D eigenvalue weighted by atomic mass is 9.63. The highest BCUT2D eigenvalue weighted by Gasteiger charge is 2.51. The molecule has 10 rings (SSSR count). The molecule has 5 aromatic carbocycles. The molecule has 0 radical (unpaired) electrons. The maximum absolute atomic E-state index is 16.6. The highest BCUT2D eigenvalue weighted by molar-refractivity contribution is 6.10. The van der Waals surface area contributed by atoms with Gasteiger partial charge in [0.25, 0.3) is 0 Å². The Kier molecular flexibility index (Phi) is 8.94. The number of rotatable bonds is 6. The molecule has 0 aromatic heterocycles. The third-order valence-electron chi connectivity index (χ3n) is 13.2. The number of fused-ring (bicyclic) bond motifs is 10. The number of nitrogens with zero attached hydrogens (tertiary/aromatic N) is 2. The van der Waals surface area contributed by atoms with Gasteiger partial charge in [-0.2, -0.15) is 0 Å². The number of halogens is 2. The third kappa shape index (κ3) is 5.71. The zero-order chi connectivity index (χ0) is 38.9. The molecule has 2 saturated heterocycles. The summed E-state index contributed by atoms with van der Waals surface area (Å²) >= 11 is 0. The van der Waals surface area contributed by atoms with Gasteiger partial charge in [-0.1, -0.05) is 50.1 Å². The highest BCUT2D eigenvalue weighted by Crippen LogP contribution is 2.64. The van der Waals surface area contributed by atoms with Crippen LogP contribution in [0, 0.1) is 17.6 Å². The lowest BCUT2D eigenvalue weighted by molar-refractivity contribution is 0.122. The van der Waals surface area contributed by atoms with Crippen molar-refractivity contribution in [2.45, 2.75) is 43.6 Å². The van der Waals surface area contributed by atoms with E-state index in [1.54, 1.807) is 20.3 Å². The van der Waals surface area contributed by atoms with Crippen LogP contribution in [0.5, 0.6) is 17.2 Å². The van der Waals surface area contributed by atoms with Crippen LogP contribution in [0.4, 0.5) is 20.2 Å². The van der Waals surface area contributed by atoms with Crippen molar-refractivity contribution in [3.8, 4) is 28.4 Å². The minimum absolute atomic E-state index is 0.352. The topological polar surface area (TPSA) is 52.6 Å². The second-order valence-electron chi connectivity index (χ2n) is 16.3. The third-order valence-corrected chi connectivity index (χ3v) is 13.2. The Morgan fingerprint density at radius 2 is 1.44 bits per heavy atom. The maximum Gasteiger partial charge on any atom is 0.178 e. The van der Waals surface area contributed by atoms with Gasteiger partial charge in [0.1, 0.15) is 28.9 Å². The molecule has 9 heteroatoms. The Balaban J connectivity index is 1.26. The van der Waals surface area contributed by atoms with E-state index >= 15 is 8.78 Å². The standard InChI is InChI=1S/C48H48F2N2O5/c1-30-5-4-15-47(29-30)44-39(25-33(49)26-40(44)50)43-37-27-41(52-19-23-56-24-20-52)42(54-3)28-38(37)46-36(45(43)47)14-16-48(57-46,32-8-12-35(53-2)13-9-32)31-6-10-34(11-7-31)51-17-21-55-22-18-51/h6-14,16,25-28,30H,4-5,15,17-24,29H2,1-3H3. The van der Waals surface area contributed by atoms with Crippen LogP contribution < -0.4 is 24.0 Å². The Morgan fingerprint density at radius 3 is 2.11 bits per heavy atom. The van der Waals surface area contributed by atoms with Gasteiger partial charge in [-0.25, -0.2) is 8.78 Å². The van der Waals surface area contributed by atoms with Crippen molar-refractivity contribution >= 4 is 28.2 Å². The Labute approximate surface area is 332 Å². The first kappa shape index (κ1) is 36.2.